The van der Waals surface area contributed by atoms with Gasteiger partial charge in [-0.05, 0) is 69.3 Å². The van der Waals surface area contributed by atoms with Gasteiger partial charge in [0, 0.05) is 24.8 Å². The summed E-state index contributed by atoms with van der Waals surface area (Å²) < 4.78 is 12.4. The maximum atomic E-state index is 14.2. The van der Waals surface area contributed by atoms with Crippen LogP contribution in [0.25, 0.3) is 0 Å². The first kappa shape index (κ1) is 30.3. The average Bonchev–Trinajstić information content (AvgIpc) is 3.68. The van der Waals surface area contributed by atoms with Gasteiger partial charge in [-0.15, -0.1) is 0 Å². The van der Waals surface area contributed by atoms with Crippen molar-refractivity contribution in [1.29, 1.82) is 0 Å². The zero-order valence-electron chi connectivity index (χ0n) is 25.7. The standard InChI is InChI=1S/C35H44N4O5/c1-3-4-21-38(2)22-23-39-31(33(41)37-24-11-7-5-8-12-24)35-20-19-28(44-35)29(30(35)34(39)42)32(40)36-25-15-17-27(18-16-25)43-26-13-9-6-10-14-26/h6,9-10,13-20,24,28-31H,3-5,7-8,11-12,21-23H2,1-2H3,(H,36,40)(H,37,41)/t28-,29-,30-,31+,35+/m1/s1. The first-order valence-corrected chi connectivity index (χ1v) is 16.2. The van der Waals surface area contributed by atoms with Gasteiger partial charge in [-0.25, -0.2) is 0 Å². The summed E-state index contributed by atoms with van der Waals surface area (Å²) in [5, 5.41) is 6.26. The Morgan fingerprint density at radius 3 is 2.45 bits per heavy atom. The Morgan fingerprint density at radius 2 is 1.73 bits per heavy atom. The van der Waals surface area contributed by atoms with E-state index in [4.69, 9.17) is 9.47 Å². The van der Waals surface area contributed by atoms with Crippen LogP contribution in [0, 0.1) is 11.8 Å². The number of ether oxygens (including phenoxy) is 2. The van der Waals surface area contributed by atoms with E-state index >= 15 is 0 Å². The van der Waals surface area contributed by atoms with Crippen LogP contribution in [0.5, 0.6) is 11.5 Å². The van der Waals surface area contributed by atoms with Crippen molar-refractivity contribution in [2.45, 2.75) is 75.7 Å². The highest BCUT2D eigenvalue weighted by atomic mass is 16.5. The third-order valence-corrected chi connectivity index (χ3v) is 9.59. The largest absolute Gasteiger partial charge is 0.457 e. The number of likely N-dealkylation sites (N-methyl/N-ethyl adjacent to an activating group) is 1. The molecule has 3 heterocycles. The fourth-order valence-corrected chi connectivity index (χ4v) is 7.31. The maximum Gasteiger partial charge on any atom is 0.246 e. The molecule has 2 saturated heterocycles. The number of unbranched alkanes of at least 4 members (excludes halogenated alkanes) is 1. The number of nitrogens with zero attached hydrogens (tertiary/aromatic N) is 2. The normalized spacial score (nSPS) is 27.5. The third kappa shape index (κ3) is 6.00. The minimum absolute atomic E-state index is 0.103. The van der Waals surface area contributed by atoms with Crippen LogP contribution in [0.15, 0.2) is 66.7 Å². The molecule has 234 valence electrons. The lowest BCUT2D eigenvalue weighted by molar-refractivity contribution is -0.141. The summed E-state index contributed by atoms with van der Waals surface area (Å²) in [6.07, 6.45) is 10.6. The number of rotatable bonds is 12. The van der Waals surface area contributed by atoms with Crippen molar-refractivity contribution in [1.82, 2.24) is 15.1 Å². The predicted octanol–water partition coefficient (Wildman–Crippen LogP) is 4.75. The molecule has 3 amide bonds. The molecule has 2 aromatic carbocycles. The van der Waals surface area contributed by atoms with Gasteiger partial charge in [0.15, 0.2) is 0 Å². The fraction of sp³-hybridized carbons (Fsp3) is 0.514. The lowest BCUT2D eigenvalue weighted by Crippen LogP contribution is -2.57. The third-order valence-electron chi connectivity index (χ3n) is 9.59. The quantitative estimate of drug-likeness (QED) is 0.341. The van der Waals surface area contributed by atoms with Crippen LogP contribution in [0.4, 0.5) is 5.69 Å². The first-order valence-electron chi connectivity index (χ1n) is 16.2. The Balaban J connectivity index is 1.20. The van der Waals surface area contributed by atoms with Crippen molar-refractivity contribution in [2.75, 3.05) is 32.0 Å². The lowest BCUT2D eigenvalue weighted by Gasteiger charge is -2.34. The van der Waals surface area contributed by atoms with Crippen LogP contribution in [0.3, 0.4) is 0 Å². The Labute approximate surface area is 260 Å². The van der Waals surface area contributed by atoms with Crippen LogP contribution in [-0.2, 0) is 19.1 Å². The molecule has 9 nitrogen and oxygen atoms in total. The monoisotopic (exact) mass is 600 g/mol. The molecular weight excluding hydrogens is 556 g/mol. The highest BCUT2D eigenvalue weighted by molar-refractivity contribution is 6.02. The van der Waals surface area contributed by atoms with Crippen molar-refractivity contribution in [3.8, 4) is 11.5 Å². The highest BCUT2D eigenvalue weighted by Crippen LogP contribution is 2.55. The van der Waals surface area contributed by atoms with E-state index in [1.807, 2.05) is 49.5 Å². The van der Waals surface area contributed by atoms with Gasteiger partial charge < -0.3 is 29.9 Å². The molecule has 2 N–H and O–H groups in total. The topological polar surface area (TPSA) is 100 Å². The zero-order chi connectivity index (χ0) is 30.7. The SMILES string of the molecule is CCCCN(C)CCN1C(=O)[C@H]2[C@H](C(=O)Nc3ccc(Oc4ccccc4)cc3)[C@H]3C=C[C@@]2(O3)[C@@H]1C(=O)NC1CCCCC1. The van der Waals surface area contributed by atoms with Gasteiger partial charge in [-0.3, -0.25) is 14.4 Å². The van der Waals surface area contributed by atoms with E-state index in [0.29, 0.717) is 24.5 Å². The highest BCUT2D eigenvalue weighted by Gasteiger charge is 2.72. The number of para-hydroxylation sites is 1. The summed E-state index contributed by atoms with van der Waals surface area (Å²) in [6.45, 7) is 4.12. The molecule has 2 bridgehead atoms. The number of carbonyl (C=O) groups excluding carboxylic acids is 3. The second-order valence-electron chi connectivity index (χ2n) is 12.7. The smallest absolute Gasteiger partial charge is 0.246 e. The second-order valence-corrected chi connectivity index (χ2v) is 12.7. The number of carbonyl (C=O) groups is 3. The molecule has 0 aromatic heterocycles. The molecule has 2 aromatic rings. The predicted molar refractivity (Wildman–Crippen MR) is 168 cm³/mol. The number of nitrogens with one attached hydrogen (secondary N) is 2. The van der Waals surface area contributed by atoms with Crippen LogP contribution in [0.2, 0.25) is 0 Å². The van der Waals surface area contributed by atoms with Crippen molar-refractivity contribution in [3.05, 3.63) is 66.7 Å². The van der Waals surface area contributed by atoms with Gasteiger partial charge in [-0.2, -0.15) is 0 Å². The number of amides is 3. The van der Waals surface area contributed by atoms with Gasteiger partial charge in [0.2, 0.25) is 17.7 Å². The Hall–Kier alpha value is -3.69. The van der Waals surface area contributed by atoms with Gasteiger partial charge in [-0.1, -0.05) is 63.0 Å². The molecule has 0 radical (unpaired) electrons. The van der Waals surface area contributed by atoms with Gasteiger partial charge in [0.1, 0.15) is 23.1 Å². The minimum Gasteiger partial charge on any atom is -0.457 e. The summed E-state index contributed by atoms with van der Waals surface area (Å²) in [5.41, 5.74) is -0.555. The van der Waals surface area contributed by atoms with Crippen molar-refractivity contribution >= 4 is 23.4 Å². The number of benzene rings is 2. The van der Waals surface area contributed by atoms with Crippen molar-refractivity contribution < 1.29 is 23.9 Å². The average molecular weight is 601 g/mol. The van der Waals surface area contributed by atoms with Gasteiger partial charge >= 0.3 is 0 Å². The maximum absolute atomic E-state index is 14.2. The molecule has 4 aliphatic rings. The second kappa shape index (κ2) is 13.1. The molecule has 9 heteroatoms. The van der Waals surface area contributed by atoms with E-state index in [2.05, 4.69) is 22.5 Å². The summed E-state index contributed by atoms with van der Waals surface area (Å²) in [5.74, 6) is -0.771. The van der Waals surface area contributed by atoms with E-state index in [0.717, 1.165) is 50.8 Å². The molecule has 5 atom stereocenters. The molecule has 3 fully saturated rings. The van der Waals surface area contributed by atoms with E-state index < -0.39 is 29.6 Å². The Morgan fingerprint density at radius 1 is 1.00 bits per heavy atom. The summed E-state index contributed by atoms with van der Waals surface area (Å²) in [7, 11) is 2.04. The molecule has 6 rings (SSSR count). The lowest BCUT2D eigenvalue weighted by atomic mass is 9.74. The first-order chi connectivity index (χ1) is 21.4. The number of fused-ring (bicyclic) bond motifs is 1. The summed E-state index contributed by atoms with van der Waals surface area (Å²) in [4.78, 5) is 45.9. The molecule has 44 heavy (non-hydrogen) atoms. The molecule has 1 saturated carbocycles. The van der Waals surface area contributed by atoms with Crippen LogP contribution >= 0.6 is 0 Å². The number of hydrogen-bond acceptors (Lipinski definition) is 6. The van der Waals surface area contributed by atoms with E-state index in [-0.39, 0.29) is 23.8 Å². The molecule has 3 aliphatic heterocycles. The molecule has 1 aliphatic carbocycles. The van der Waals surface area contributed by atoms with Crippen molar-refractivity contribution in [2.24, 2.45) is 11.8 Å². The number of likely N-dealkylation sites (tertiary alicyclic amines) is 1. The number of hydrogen-bond donors (Lipinski definition) is 2. The summed E-state index contributed by atoms with van der Waals surface area (Å²) in [6, 6.07) is 15.9. The Kier molecular flexibility index (Phi) is 9.05. The molecular formula is C35H44N4O5. The molecule has 0 unspecified atom stereocenters. The van der Waals surface area contributed by atoms with Crippen LogP contribution in [0.1, 0.15) is 51.9 Å². The van der Waals surface area contributed by atoms with Crippen molar-refractivity contribution in [3.63, 3.8) is 0 Å². The fourth-order valence-electron chi connectivity index (χ4n) is 7.31. The Bertz CT molecular complexity index is 1360. The molecule has 1 spiro atoms. The van der Waals surface area contributed by atoms with E-state index in [1.165, 1.54) is 6.42 Å². The van der Waals surface area contributed by atoms with Gasteiger partial charge in [0.05, 0.1) is 17.9 Å². The minimum atomic E-state index is -1.15. The zero-order valence-corrected chi connectivity index (χ0v) is 25.7. The van der Waals surface area contributed by atoms with E-state index in [9.17, 15) is 14.4 Å². The van der Waals surface area contributed by atoms with Crippen LogP contribution in [-0.4, -0.2) is 78.0 Å². The summed E-state index contributed by atoms with van der Waals surface area (Å²) >= 11 is 0. The van der Waals surface area contributed by atoms with E-state index in [1.54, 1.807) is 29.2 Å². The number of anilines is 1. The van der Waals surface area contributed by atoms with Crippen LogP contribution < -0.4 is 15.4 Å². The van der Waals surface area contributed by atoms with Gasteiger partial charge in [0.25, 0.3) is 0 Å².